The van der Waals surface area contributed by atoms with Gasteiger partial charge in [-0.25, -0.2) is 12.8 Å². The Morgan fingerprint density at radius 1 is 1.13 bits per heavy atom. The highest BCUT2D eigenvalue weighted by Gasteiger charge is 2.31. The number of sulfonamides is 1. The lowest BCUT2D eigenvalue weighted by molar-refractivity contribution is -0.126. The van der Waals surface area contributed by atoms with E-state index in [1.807, 2.05) is 29.2 Å². The van der Waals surface area contributed by atoms with E-state index in [-0.39, 0.29) is 29.9 Å². The number of hydrogen-bond donors (Lipinski definition) is 1. The van der Waals surface area contributed by atoms with Gasteiger partial charge in [-0.3, -0.25) is 9.69 Å². The number of rotatable bonds is 7. The van der Waals surface area contributed by atoms with Crippen LogP contribution in [0.25, 0.3) is 0 Å². The second kappa shape index (κ2) is 9.55. The van der Waals surface area contributed by atoms with E-state index in [0.717, 1.165) is 17.4 Å². The normalized spacial score (nSPS) is 16.8. The molecule has 1 fully saturated rings. The number of carbonyl (C=O) groups is 1. The number of amides is 1. The molecule has 3 rings (SSSR count). The summed E-state index contributed by atoms with van der Waals surface area (Å²) in [5.41, 5.74) is 0.961. The molecule has 0 bridgehead atoms. The number of carbonyl (C=O) groups excluding carboxylic acids is 1. The molecule has 0 radical (unpaired) electrons. The average Bonchev–Trinajstić information content (AvgIpc) is 2.77. The minimum absolute atomic E-state index is 0.0544. The van der Waals surface area contributed by atoms with Crippen LogP contribution in [0.5, 0.6) is 5.75 Å². The molecule has 2 aromatic rings. The van der Waals surface area contributed by atoms with Crippen LogP contribution >= 0.6 is 0 Å². The lowest BCUT2D eigenvalue weighted by Crippen LogP contribution is -2.54. The van der Waals surface area contributed by atoms with E-state index in [2.05, 4.69) is 5.32 Å². The molecule has 1 N–H and O–H groups in total. The fourth-order valence-corrected chi connectivity index (χ4v) is 4.81. The first-order chi connectivity index (χ1) is 14.3. The lowest BCUT2D eigenvalue weighted by Gasteiger charge is -2.36. The van der Waals surface area contributed by atoms with Crippen LogP contribution in [-0.2, 0) is 21.4 Å². The van der Waals surface area contributed by atoms with E-state index in [1.165, 1.54) is 22.5 Å². The molecule has 30 heavy (non-hydrogen) atoms. The van der Waals surface area contributed by atoms with E-state index in [4.69, 9.17) is 4.74 Å². The number of ether oxygens (including phenoxy) is 1. The quantitative estimate of drug-likeness (QED) is 0.718. The molecule has 1 unspecified atom stereocenters. The third-order valence-corrected chi connectivity index (χ3v) is 7.15. The SMILES string of the molecule is COc1ccc(CNC(=O)C(C)N2CCN(S(=O)(=O)c3cccc(F)c3)CC2)cc1. The summed E-state index contributed by atoms with van der Waals surface area (Å²) in [5, 5.41) is 2.91. The molecule has 1 aliphatic heterocycles. The summed E-state index contributed by atoms with van der Waals surface area (Å²) in [6.07, 6.45) is 0. The van der Waals surface area contributed by atoms with Gasteiger partial charge in [-0.1, -0.05) is 18.2 Å². The van der Waals surface area contributed by atoms with Gasteiger partial charge in [0, 0.05) is 32.7 Å². The number of halogens is 1. The van der Waals surface area contributed by atoms with Gasteiger partial charge in [0.15, 0.2) is 0 Å². The Hall–Kier alpha value is -2.49. The average molecular weight is 436 g/mol. The van der Waals surface area contributed by atoms with Crippen molar-refractivity contribution in [2.45, 2.75) is 24.4 Å². The van der Waals surface area contributed by atoms with Gasteiger partial charge in [-0.2, -0.15) is 4.31 Å². The van der Waals surface area contributed by atoms with Crippen LogP contribution in [0.1, 0.15) is 12.5 Å². The van der Waals surface area contributed by atoms with E-state index in [9.17, 15) is 17.6 Å². The van der Waals surface area contributed by atoms with Gasteiger partial charge in [0.05, 0.1) is 18.0 Å². The second-order valence-corrected chi connectivity index (χ2v) is 9.08. The van der Waals surface area contributed by atoms with Crippen LogP contribution in [0.3, 0.4) is 0 Å². The van der Waals surface area contributed by atoms with E-state index in [0.29, 0.717) is 19.6 Å². The lowest BCUT2D eigenvalue weighted by atomic mass is 10.2. The molecule has 2 aromatic carbocycles. The molecule has 1 heterocycles. The molecule has 0 aliphatic carbocycles. The molecule has 0 spiro atoms. The molecule has 1 aliphatic rings. The number of piperazine rings is 1. The number of benzene rings is 2. The topological polar surface area (TPSA) is 79.0 Å². The smallest absolute Gasteiger partial charge is 0.243 e. The molecule has 7 nitrogen and oxygen atoms in total. The highest BCUT2D eigenvalue weighted by atomic mass is 32.2. The molecular weight excluding hydrogens is 409 g/mol. The van der Waals surface area contributed by atoms with Gasteiger partial charge in [-0.05, 0) is 42.8 Å². The number of nitrogens with one attached hydrogen (secondary N) is 1. The van der Waals surface area contributed by atoms with Crippen molar-refractivity contribution in [3.05, 3.63) is 59.9 Å². The summed E-state index contributed by atoms with van der Waals surface area (Å²) < 4.78 is 45.3. The Balaban J connectivity index is 1.52. The molecule has 0 saturated carbocycles. The van der Waals surface area contributed by atoms with Crippen LogP contribution in [0.15, 0.2) is 53.4 Å². The predicted octanol–water partition coefficient (Wildman–Crippen LogP) is 1.85. The molecular formula is C21H26FN3O4S. The van der Waals surface area contributed by atoms with E-state index in [1.54, 1.807) is 14.0 Å². The zero-order valence-corrected chi connectivity index (χ0v) is 17.9. The van der Waals surface area contributed by atoms with Gasteiger partial charge in [0.2, 0.25) is 15.9 Å². The van der Waals surface area contributed by atoms with Gasteiger partial charge in [0.1, 0.15) is 11.6 Å². The molecule has 1 amide bonds. The van der Waals surface area contributed by atoms with Crippen LogP contribution in [0.2, 0.25) is 0 Å². The van der Waals surface area contributed by atoms with Gasteiger partial charge in [-0.15, -0.1) is 0 Å². The third-order valence-electron chi connectivity index (χ3n) is 5.26. The van der Waals surface area contributed by atoms with E-state index >= 15 is 0 Å². The summed E-state index contributed by atoms with van der Waals surface area (Å²) in [4.78, 5) is 14.4. The fraction of sp³-hybridized carbons (Fsp3) is 0.381. The van der Waals surface area contributed by atoms with Gasteiger partial charge < -0.3 is 10.1 Å². The van der Waals surface area contributed by atoms with Crippen molar-refractivity contribution < 1.29 is 22.3 Å². The maximum absolute atomic E-state index is 13.4. The molecule has 0 aromatic heterocycles. The first kappa shape index (κ1) is 22.2. The third kappa shape index (κ3) is 5.16. The minimum Gasteiger partial charge on any atom is -0.497 e. The van der Waals surface area contributed by atoms with Crippen molar-refractivity contribution in [2.24, 2.45) is 0 Å². The van der Waals surface area contributed by atoms with Crippen molar-refractivity contribution in [3.63, 3.8) is 0 Å². The maximum Gasteiger partial charge on any atom is 0.243 e. The summed E-state index contributed by atoms with van der Waals surface area (Å²) in [7, 11) is -2.15. The van der Waals surface area contributed by atoms with Crippen molar-refractivity contribution in [3.8, 4) is 5.75 Å². The molecule has 9 heteroatoms. The second-order valence-electron chi connectivity index (χ2n) is 7.14. The summed E-state index contributed by atoms with van der Waals surface area (Å²) >= 11 is 0. The molecule has 1 atom stereocenters. The van der Waals surface area contributed by atoms with Gasteiger partial charge >= 0.3 is 0 Å². The Labute approximate surface area is 176 Å². The Morgan fingerprint density at radius 2 is 1.80 bits per heavy atom. The summed E-state index contributed by atoms with van der Waals surface area (Å²) in [6, 6.07) is 12.1. The highest BCUT2D eigenvalue weighted by molar-refractivity contribution is 7.89. The highest BCUT2D eigenvalue weighted by Crippen LogP contribution is 2.19. The number of hydrogen-bond acceptors (Lipinski definition) is 5. The van der Waals surface area contributed by atoms with Gasteiger partial charge in [0.25, 0.3) is 0 Å². The number of methoxy groups -OCH3 is 1. The molecule has 162 valence electrons. The summed E-state index contributed by atoms with van der Waals surface area (Å²) in [5.74, 6) is 0.0497. The van der Waals surface area contributed by atoms with Crippen LogP contribution in [0, 0.1) is 5.82 Å². The first-order valence-electron chi connectivity index (χ1n) is 9.71. The zero-order valence-electron chi connectivity index (χ0n) is 17.0. The monoisotopic (exact) mass is 435 g/mol. The Morgan fingerprint density at radius 3 is 2.40 bits per heavy atom. The zero-order chi connectivity index (χ0) is 21.7. The van der Waals surface area contributed by atoms with Crippen molar-refractivity contribution in [1.82, 2.24) is 14.5 Å². The maximum atomic E-state index is 13.4. The van der Waals surface area contributed by atoms with Crippen molar-refractivity contribution in [2.75, 3.05) is 33.3 Å². The first-order valence-corrected chi connectivity index (χ1v) is 11.2. The van der Waals surface area contributed by atoms with Crippen LogP contribution in [0.4, 0.5) is 4.39 Å². The van der Waals surface area contributed by atoms with Crippen molar-refractivity contribution >= 4 is 15.9 Å². The standard InChI is InChI=1S/C21H26FN3O4S/c1-16(21(26)23-15-17-6-8-19(29-2)9-7-17)24-10-12-25(13-11-24)30(27,28)20-5-3-4-18(22)14-20/h3-9,14,16H,10-13,15H2,1-2H3,(H,23,26). The van der Waals surface area contributed by atoms with Crippen LogP contribution < -0.4 is 10.1 Å². The Kier molecular flexibility index (Phi) is 7.06. The Bertz CT molecular complexity index is 974. The fourth-order valence-electron chi connectivity index (χ4n) is 3.35. The minimum atomic E-state index is -3.75. The number of nitrogens with zero attached hydrogens (tertiary/aromatic N) is 2. The molecule has 1 saturated heterocycles. The largest absolute Gasteiger partial charge is 0.497 e. The predicted molar refractivity (Wildman–Crippen MR) is 111 cm³/mol. The van der Waals surface area contributed by atoms with E-state index < -0.39 is 15.8 Å². The van der Waals surface area contributed by atoms with Crippen LogP contribution in [-0.4, -0.2) is 62.9 Å². The van der Waals surface area contributed by atoms with Crippen molar-refractivity contribution in [1.29, 1.82) is 0 Å². The summed E-state index contributed by atoms with van der Waals surface area (Å²) in [6.45, 7) is 3.54.